The lowest BCUT2D eigenvalue weighted by Crippen LogP contribution is -2.29. The molecule has 0 spiro atoms. The third-order valence-corrected chi connectivity index (χ3v) is 3.40. The number of nitrogens with zero attached hydrogens (tertiary/aromatic N) is 1. The highest BCUT2D eigenvalue weighted by molar-refractivity contribution is 7.80. The lowest BCUT2D eigenvalue weighted by atomic mass is 10.2. The fourth-order valence-corrected chi connectivity index (χ4v) is 2.25. The van der Waals surface area contributed by atoms with Gasteiger partial charge in [0.15, 0.2) is 0 Å². The Kier molecular flexibility index (Phi) is 5.63. The van der Waals surface area contributed by atoms with E-state index in [2.05, 4.69) is 5.32 Å². The Labute approximate surface area is 135 Å². The lowest BCUT2D eigenvalue weighted by molar-refractivity contribution is -0.117. The monoisotopic (exact) mass is 313 g/mol. The van der Waals surface area contributed by atoms with Crippen LogP contribution in [0.4, 0.5) is 5.69 Å². The van der Waals surface area contributed by atoms with Crippen molar-refractivity contribution >= 4 is 28.8 Å². The first-order chi connectivity index (χ1) is 10.5. The van der Waals surface area contributed by atoms with Gasteiger partial charge in [0.1, 0.15) is 4.99 Å². The third-order valence-electron chi connectivity index (χ3n) is 3.16. The smallest absolute Gasteiger partial charge is 0.238 e. The summed E-state index contributed by atoms with van der Waals surface area (Å²) in [6.45, 7) is 1.06. The number of amides is 1. The van der Waals surface area contributed by atoms with E-state index in [1.807, 2.05) is 42.3 Å². The van der Waals surface area contributed by atoms with Crippen molar-refractivity contribution < 1.29 is 4.79 Å². The predicted octanol–water partition coefficient (Wildman–Crippen LogP) is 2.39. The Morgan fingerprint density at radius 3 is 2.36 bits per heavy atom. The van der Waals surface area contributed by atoms with Crippen molar-refractivity contribution in [1.29, 1.82) is 0 Å². The van der Waals surface area contributed by atoms with Gasteiger partial charge in [-0.1, -0.05) is 42.5 Å². The van der Waals surface area contributed by atoms with Crippen molar-refractivity contribution in [3.63, 3.8) is 0 Å². The number of nitrogens with two attached hydrogens (primary N) is 1. The number of carbonyl (C=O) groups excluding carboxylic acids is 1. The van der Waals surface area contributed by atoms with E-state index in [0.29, 0.717) is 11.5 Å². The Hall–Kier alpha value is -2.24. The molecule has 0 aromatic heterocycles. The van der Waals surface area contributed by atoms with E-state index < -0.39 is 0 Å². The summed E-state index contributed by atoms with van der Waals surface area (Å²) >= 11 is 4.90. The number of hydrogen-bond acceptors (Lipinski definition) is 3. The summed E-state index contributed by atoms with van der Waals surface area (Å²) in [5.41, 5.74) is 8.24. The Balaban J connectivity index is 1.85. The zero-order valence-electron chi connectivity index (χ0n) is 12.5. The van der Waals surface area contributed by atoms with Crippen LogP contribution in [0.1, 0.15) is 11.1 Å². The van der Waals surface area contributed by atoms with Crippen LogP contribution < -0.4 is 11.1 Å². The molecular formula is C17H19N3OS. The van der Waals surface area contributed by atoms with Crippen LogP contribution in [0, 0.1) is 0 Å². The van der Waals surface area contributed by atoms with Gasteiger partial charge in [-0.25, -0.2) is 0 Å². The van der Waals surface area contributed by atoms with Crippen molar-refractivity contribution in [1.82, 2.24) is 4.90 Å². The summed E-state index contributed by atoms with van der Waals surface area (Å²) < 4.78 is 0. The zero-order chi connectivity index (χ0) is 15.9. The second-order valence-electron chi connectivity index (χ2n) is 5.15. The number of thiocarbonyl (C=S) groups is 1. The van der Waals surface area contributed by atoms with E-state index in [4.69, 9.17) is 18.0 Å². The van der Waals surface area contributed by atoms with Gasteiger partial charge in [-0.15, -0.1) is 0 Å². The minimum absolute atomic E-state index is 0.0542. The molecule has 0 aliphatic rings. The maximum atomic E-state index is 12.0. The Morgan fingerprint density at radius 1 is 1.14 bits per heavy atom. The minimum Gasteiger partial charge on any atom is -0.389 e. The molecule has 3 N–H and O–H groups in total. The number of nitrogens with one attached hydrogen (secondary N) is 1. The number of anilines is 1. The van der Waals surface area contributed by atoms with Crippen LogP contribution in [0.3, 0.4) is 0 Å². The summed E-state index contributed by atoms with van der Waals surface area (Å²) in [6, 6.07) is 17.2. The summed E-state index contributed by atoms with van der Waals surface area (Å²) in [7, 11) is 1.92. The van der Waals surface area contributed by atoms with Crippen LogP contribution in [-0.2, 0) is 11.3 Å². The average molecular weight is 313 g/mol. The molecule has 2 aromatic carbocycles. The molecule has 2 rings (SSSR count). The second-order valence-corrected chi connectivity index (χ2v) is 5.59. The minimum atomic E-state index is -0.0542. The van der Waals surface area contributed by atoms with E-state index in [-0.39, 0.29) is 5.91 Å². The number of hydrogen-bond donors (Lipinski definition) is 2. The first kappa shape index (κ1) is 16.1. The summed E-state index contributed by atoms with van der Waals surface area (Å²) in [4.78, 5) is 14.3. The van der Waals surface area contributed by atoms with Crippen LogP contribution in [0.25, 0.3) is 0 Å². The van der Waals surface area contributed by atoms with Crippen LogP contribution in [0.2, 0.25) is 0 Å². The molecule has 22 heavy (non-hydrogen) atoms. The van der Waals surface area contributed by atoms with Gasteiger partial charge in [0.2, 0.25) is 5.91 Å². The number of likely N-dealkylation sites (N-methyl/N-ethyl adjacent to an activating group) is 1. The molecule has 0 saturated carbocycles. The van der Waals surface area contributed by atoms with Gasteiger partial charge in [-0.05, 0) is 36.9 Å². The quantitative estimate of drug-likeness (QED) is 0.804. The average Bonchev–Trinajstić information content (AvgIpc) is 2.48. The predicted molar refractivity (Wildman–Crippen MR) is 93.7 cm³/mol. The molecule has 0 saturated heterocycles. The standard InChI is InChI=1S/C17H19N3OS/c1-20(11-13-5-3-2-4-6-13)12-16(21)19-15-9-7-14(8-10-15)17(18)22/h2-10H,11-12H2,1H3,(H2,18,22)(H,19,21). The van der Waals surface area contributed by atoms with Crippen molar-refractivity contribution in [2.24, 2.45) is 5.73 Å². The van der Waals surface area contributed by atoms with Crippen molar-refractivity contribution in [2.45, 2.75) is 6.54 Å². The largest absolute Gasteiger partial charge is 0.389 e. The highest BCUT2D eigenvalue weighted by Gasteiger charge is 2.07. The Bertz CT molecular complexity index is 641. The third kappa shape index (κ3) is 4.95. The van der Waals surface area contributed by atoms with E-state index in [1.54, 1.807) is 24.3 Å². The first-order valence-electron chi connectivity index (χ1n) is 6.97. The molecular weight excluding hydrogens is 294 g/mol. The van der Waals surface area contributed by atoms with Gasteiger partial charge in [0.05, 0.1) is 6.54 Å². The highest BCUT2D eigenvalue weighted by atomic mass is 32.1. The van der Waals surface area contributed by atoms with E-state index in [1.165, 1.54) is 5.56 Å². The molecule has 5 heteroatoms. The molecule has 0 atom stereocenters. The number of benzene rings is 2. The Morgan fingerprint density at radius 2 is 1.77 bits per heavy atom. The highest BCUT2D eigenvalue weighted by Crippen LogP contribution is 2.10. The van der Waals surface area contributed by atoms with E-state index in [0.717, 1.165) is 17.8 Å². The van der Waals surface area contributed by atoms with E-state index in [9.17, 15) is 4.79 Å². The van der Waals surface area contributed by atoms with E-state index >= 15 is 0 Å². The maximum Gasteiger partial charge on any atom is 0.238 e. The molecule has 2 aromatic rings. The molecule has 0 heterocycles. The lowest BCUT2D eigenvalue weighted by Gasteiger charge is -2.16. The number of rotatable bonds is 6. The van der Waals surface area contributed by atoms with Gasteiger partial charge in [-0.3, -0.25) is 9.69 Å². The molecule has 1 amide bonds. The molecule has 4 nitrogen and oxygen atoms in total. The van der Waals surface area contributed by atoms with Crippen molar-refractivity contribution in [3.8, 4) is 0 Å². The summed E-state index contributed by atoms with van der Waals surface area (Å²) in [5, 5.41) is 2.86. The molecule has 0 aliphatic heterocycles. The van der Waals surface area contributed by atoms with Crippen molar-refractivity contribution in [2.75, 3.05) is 18.9 Å². The topological polar surface area (TPSA) is 58.4 Å². The molecule has 0 bridgehead atoms. The molecule has 0 unspecified atom stereocenters. The van der Waals surface area contributed by atoms with Gasteiger partial charge >= 0.3 is 0 Å². The summed E-state index contributed by atoms with van der Waals surface area (Å²) in [6.07, 6.45) is 0. The molecule has 0 fully saturated rings. The SMILES string of the molecule is CN(CC(=O)Nc1ccc(C(N)=S)cc1)Cc1ccccc1. The fraction of sp³-hybridized carbons (Fsp3) is 0.176. The van der Waals surface area contributed by atoms with Crippen LogP contribution in [-0.4, -0.2) is 29.4 Å². The molecule has 0 radical (unpaired) electrons. The van der Waals surface area contributed by atoms with Crippen LogP contribution in [0.5, 0.6) is 0 Å². The number of carbonyl (C=O) groups is 1. The normalized spacial score (nSPS) is 10.5. The van der Waals surface area contributed by atoms with Gasteiger partial charge < -0.3 is 11.1 Å². The summed E-state index contributed by atoms with van der Waals surface area (Å²) in [5.74, 6) is -0.0542. The molecule has 0 aliphatic carbocycles. The van der Waals surface area contributed by atoms with Gasteiger partial charge in [0.25, 0.3) is 0 Å². The van der Waals surface area contributed by atoms with Crippen LogP contribution >= 0.6 is 12.2 Å². The van der Waals surface area contributed by atoms with Crippen LogP contribution in [0.15, 0.2) is 54.6 Å². The van der Waals surface area contributed by atoms with Gasteiger partial charge in [-0.2, -0.15) is 0 Å². The zero-order valence-corrected chi connectivity index (χ0v) is 13.3. The molecule has 114 valence electrons. The van der Waals surface area contributed by atoms with Gasteiger partial charge in [0, 0.05) is 17.8 Å². The van der Waals surface area contributed by atoms with Crippen molar-refractivity contribution in [3.05, 3.63) is 65.7 Å². The second kappa shape index (κ2) is 7.68. The first-order valence-corrected chi connectivity index (χ1v) is 7.37. The fourth-order valence-electron chi connectivity index (χ4n) is 2.11. The maximum absolute atomic E-state index is 12.0.